The molecule has 0 spiro atoms. The first-order valence-corrected chi connectivity index (χ1v) is 8.30. The molecule has 2 aromatic rings. The fourth-order valence-electron chi connectivity index (χ4n) is 1.97. The topological polar surface area (TPSA) is 48.1 Å². The summed E-state index contributed by atoms with van der Waals surface area (Å²) in [7, 11) is 0. The van der Waals surface area contributed by atoms with Crippen molar-refractivity contribution in [3.8, 4) is 5.75 Å². The van der Waals surface area contributed by atoms with Crippen LogP contribution in [0.1, 0.15) is 31.0 Å². The van der Waals surface area contributed by atoms with E-state index in [4.69, 9.17) is 22.1 Å². The van der Waals surface area contributed by atoms with Gasteiger partial charge in [-0.2, -0.15) is 0 Å². The van der Waals surface area contributed by atoms with E-state index >= 15 is 0 Å². The Labute approximate surface area is 135 Å². The third-order valence-electron chi connectivity index (χ3n) is 3.32. The lowest BCUT2D eigenvalue weighted by atomic mass is 9.90. The largest absolute Gasteiger partial charge is 0.494 e. The van der Waals surface area contributed by atoms with Crippen LogP contribution in [0.3, 0.4) is 0 Å². The second-order valence-electron chi connectivity index (χ2n) is 5.62. The molecule has 0 unspecified atom stereocenters. The van der Waals surface area contributed by atoms with Crippen molar-refractivity contribution in [1.82, 2.24) is 4.98 Å². The molecular weight excluding hydrogens is 304 g/mol. The van der Waals surface area contributed by atoms with E-state index in [-0.39, 0.29) is 5.41 Å². The van der Waals surface area contributed by atoms with Crippen LogP contribution in [0.4, 0.5) is 0 Å². The van der Waals surface area contributed by atoms with Gasteiger partial charge in [-0.25, -0.2) is 4.98 Å². The molecule has 0 bridgehead atoms. The summed E-state index contributed by atoms with van der Waals surface area (Å²) in [5.41, 5.74) is 6.65. The summed E-state index contributed by atoms with van der Waals surface area (Å²) in [6.45, 7) is 5.67. The molecular formula is C16H21ClN2OS. The smallest absolute Gasteiger partial charge is 0.120 e. The molecule has 0 aliphatic heterocycles. The molecule has 0 aliphatic carbocycles. The summed E-state index contributed by atoms with van der Waals surface area (Å²) in [4.78, 5) is 4.67. The van der Waals surface area contributed by atoms with E-state index in [0.29, 0.717) is 18.2 Å². The Bertz CT molecular complexity index is 583. The molecule has 0 aliphatic rings. The first-order valence-electron chi connectivity index (χ1n) is 7.04. The van der Waals surface area contributed by atoms with Gasteiger partial charge >= 0.3 is 0 Å². The van der Waals surface area contributed by atoms with Gasteiger partial charge in [-0.15, -0.1) is 11.3 Å². The van der Waals surface area contributed by atoms with E-state index in [1.165, 1.54) is 0 Å². The van der Waals surface area contributed by atoms with Crippen LogP contribution in [0.5, 0.6) is 5.75 Å². The lowest BCUT2D eigenvalue weighted by Crippen LogP contribution is -2.20. The van der Waals surface area contributed by atoms with Gasteiger partial charge in [0.1, 0.15) is 5.75 Å². The predicted molar refractivity (Wildman–Crippen MR) is 89.5 cm³/mol. The van der Waals surface area contributed by atoms with E-state index in [1.807, 2.05) is 24.3 Å². The Morgan fingerprint density at radius 3 is 2.90 bits per heavy atom. The number of nitrogens with zero attached hydrogens (tertiary/aromatic N) is 1. The second kappa shape index (κ2) is 7.25. The highest BCUT2D eigenvalue weighted by Crippen LogP contribution is 2.30. The summed E-state index contributed by atoms with van der Waals surface area (Å²) in [6.07, 6.45) is 1.74. The second-order valence-corrected chi connectivity index (χ2v) is 6.92. The maximum atomic E-state index is 5.94. The van der Waals surface area contributed by atoms with Crippen molar-refractivity contribution in [3.63, 3.8) is 0 Å². The number of ether oxygens (including phenoxy) is 1. The number of nitrogens with two attached hydrogens (primary N) is 1. The zero-order valence-electron chi connectivity index (χ0n) is 12.4. The molecule has 0 saturated heterocycles. The van der Waals surface area contributed by atoms with Crippen molar-refractivity contribution in [2.75, 3.05) is 13.2 Å². The molecule has 0 atom stereocenters. The number of halogens is 1. The highest BCUT2D eigenvalue weighted by Gasteiger charge is 2.24. The third kappa shape index (κ3) is 4.70. The third-order valence-corrected chi connectivity index (χ3v) is 4.82. The highest BCUT2D eigenvalue weighted by atomic mass is 35.5. The minimum Gasteiger partial charge on any atom is -0.494 e. The summed E-state index contributed by atoms with van der Waals surface area (Å²) < 4.78 is 5.77. The molecule has 1 aromatic heterocycles. The molecule has 2 rings (SSSR count). The number of benzene rings is 1. The molecule has 0 saturated carbocycles. The van der Waals surface area contributed by atoms with Gasteiger partial charge in [0, 0.05) is 22.2 Å². The van der Waals surface area contributed by atoms with Gasteiger partial charge in [-0.1, -0.05) is 31.5 Å². The first-order chi connectivity index (χ1) is 10.0. The van der Waals surface area contributed by atoms with Crippen LogP contribution < -0.4 is 10.5 Å². The molecule has 3 nitrogen and oxygen atoms in total. The monoisotopic (exact) mass is 324 g/mol. The van der Waals surface area contributed by atoms with Crippen LogP contribution in [-0.2, 0) is 11.8 Å². The standard InChI is InChI=1S/C16H21ClN2OS/c1-16(2,15-19-13(6-8-18)11-21-15)7-9-20-14-5-3-4-12(17)10-14/h3-5,10-11H,6-9,18H2,1-2H3. The maximum Gasteiger partial charge on any atom is 0.120 e. The maximum absolute atomic E-state index is 5.94. The molecule has 1 heterocycles. The number of thiazole rings is 1. The van der Waals surface area contributed by atoms with E-state index in [2.05, 4.69) is 24.2 Å². The number of hydrogen-bond acceptors (Lipinski definition) is 4. The van der Waals surface area contributed by atoms with Gasteiger partial charge in [-0.3, -0.25) is 0 Å². The van der Waals surface area contributed by atoms with Crippen molar-refractivity contribution < 1.29 is 4.74 Å². The summed E-state index contributed by atoms with van der Waals surface area (Å²) in [5, 5.41) is 3.93. The number of aromatic nitrogens is 1. The van der Waals surface area contributed by atoms with Crippen LogP contribution in [0, 0.1) is 0 Å². The van der Waals surface area contributed by atoms with E-state index < -0.39 is 0 Å². The van der Waals surface area contributed by atoms with Gasteiger partial charge in [0.25, 0.3) is 0 Å². The van der Waals surface area contributed by atoms with Crippen molar-refractivity contribution in [2.24, 2.45) is 5.73 Å². The lowest BCUT2D eigenvalue weighted by molar-refractivity contribution is 0.272. The van der Waals surface area contributed by atoms with Crippen molar-refractivity contribution in [2.45, 2.75) is 32.1 Å². The van der Waals surface area contributed by atoms with E-state index in [9.17, 15) is 0 Å². The average molecular weight is 325 g/mol. The molecule has 0 radical (unpaired) electrons. The fraction of sp³-hybridized carbons (Fsp3) is 0.438. The zero-order valence-corrected chi connectivity index (χ0v) is 14.0. The molecule has 21 heavy (non-hydrogen) atoms. The van der Waals surface area contributed by atoms with Crippen molar-refractivity contribution in [1.29, 1.82) is 0 Å². The highest BCUT2D eigenvalue weighted by molar-refractivity contribution is 7.09. The molecule has 2 N–H and O–H groups in total. The average Bonchev–Trinajstić information content (AvgIpc) is 2.88. The Kier molecular flexibility index (Phi) is 5.62. The van der Waals surface area contributed by atoms with Crippen LogP contribution in [0.15, 0.2) is 29.6 Å². The van der Waals surface area contributed by atoms with E-state index in [0.717, 1.165) is 29.3 Å². The molecule has 1 aromatic carbocycles. The lowest BCUT2D eigenvalue weighted by Gasteiger charge is -2.22. The van der Waals surface area contributed by atoms with Crippen molar-refractivity contribution >= 4 is 22.9 Å². The normalized spacial score (nSPS) is 11.6. The SMILES string of the molecule is CC(C)(CCOc1cccc(Cl)c1)c1nc(CCN)cs1. The Morgan fingerprint density at radius 1 is 1.38 bits per heavy atom. The minimum absolute atomic E-state index is 0.00388. The first kappa shape index (κ1) is 16.3. The number of hydrogen-bond donors (Lipinski definition) is 1. The fourth-order valence-corrected chi connectivity index (χ4v) is 3.16. The Balaban J connectivity index is 1.91. The number of rotatable bonds is 7. The van der Waals surface area contributed by atoms with Crippen LogP contribution in [-0.4, -0.2) is 18.1 Å². The summed E-state index contributed by atoms with van der Waals surface area (Å²) in [6, 6.07) is 7.48. The van der Waals surface area contributed by atoms with Gasteiger partial charge < -0.3 is 10.5 Å². The van der Waals surface area contributed by atoms with Gasteiger partial charge in [0.15, 0.2) is 0 Å². The predicted octanol–water partition coefficient (Wildman–Crippen LogP) is 4.04. The summed E-state index contributed by atoms with van der Waals surface area (Å²) in [5.74, 6) is 0.807. The van der Waals surface area contributed by atoms with Gasteiger partial charge in [0.2, 0.25) is 0 Å². The zero-order chi connectivity index (χ0) is 15.3. The molecule has 0 fully saturated rings. The van der Waals surface area contributed by atoms with Crippen LogP contribution in [0.25, 0.3) is 0 Å². The Hall–Kier alpha value is -1.10. The van der Waals surface area contributed by atoms with Crippen molar-refractivity contribution in [3.05, 3.63) is 45.4 Å². The van der Waals surface area contributed by atoms with Crippen LogP contribution in [0.2, 0.25) is 5.02 Å². The quantitative estimate of drug-likeness (QED) is 0.836. The molecule has 114 valence electrons. The molecule has 0 amide bonds. The van der Waals surface area contributed by atoms with Gasteiger partial charge in [-0.05, 0) is 31.2 Å². The van der Waals surface area contributed by atoms with Crippen LogP contribution >= 0.6 is 22.9 Å². The Morgan fingerprint density at radius 2 is 2.19 bits per heavy atom. The summed E-state index contributed by atoms with van der Waals surface area (Å²) >= 11 is 7.65. The van der Waals surface area contributed by atoms with Gasteiger partial charge in [0.05, 0.1) is 17.3 Å². The van der Waals surface area contributed by atoms with E-state index in [1.54, 1.807) is 11.3 Å². The minimum atomic E-state index is -0.00388. The molecule has 5 heteroatoms.